The Kier molecular flexibility index (Phi) is 48.9. The average molecular weight is 942 g/mol. The molecule has 0 spiro atoms. The second kappa shape index (κ2) is 51.3. The van der Waals surface area contributed by atoms with E-state index in [-0.39, 0.29) is 38.6 Å². The van der Waals surface area contributed by atoms with Crippen molar-refractivity contribution in [3.05, 3.63) is 97.2 Å². The molecule has 0 aromatic rings. The molecule has 2 unspecified atom stereocenters. The lowest BCUT2D eigenvalue weighted by Crippen LogP contribution is -2.29. The second-order valence-corrected chi connectivity index (χ2v) is 18.5. The Hall–Kier alpha value is -3.07. The molecule has 2 atom stereocenters. The minimum atomic E-state index is -4.39. The van der Waals surface area contributed by atoms with Gasteiger partial charge in [-0.25, -0.2) is 4.57 Å². The Bertz CT molecular complexity index is 1400. The van der Waals surface area contributed by atoms with Gasteiger partial charge in [0.15, 0.2) is 6.10 Å². The quantitative estimate of drug-likeness (QED) is 0.0265. The van der Waals surface area contributed by atoms with Crippen molar-refractivity contribution in [2.45, 2.75) is 219 Å². The van der Waals surface area contributed by atoms with E-state index in [9.17, 15) is 19.0 Å². The maximum Gasteiger partial charge on any atom is 0.472 e. The van der Waals surface area contributed by atoms with Crippen LogP contribution in [0, 0.1) is 0 Å². The van der Waals surface area contributed by atoms with E-state index in [1.54, 1.807) is 0 Å². The van der Waals surface area contributed by atoms with Crippen molar-refractivity contribution in [2.24, 2.45) is 5.73 Å². The average Bonchev–Trinajstić information content (AvgIpc) is 3.31. The first-order valence-electron chi connectivity index (χ1n) is 26.2. The lowest BCUT2D eigenvalue weighted by atomic mass is 10.0. The third-order valence-corrected chi connectivity index (χ3v) is 11.7. The van der Waals surface area contributed by atoms with Crippen molar-refractivity contribution in [3.8, 4) is 0 Å². The molecular formula is C56H96NO8P. The summed E-state index contributed by atoms with van der Waals surface area (Å²) < 4.78 is 32.9. The molecule has 0 saturated heterocycles. The number of phosphoric ester groups is 1. The number of hydrogen-bond donors (Lipinski definition) is 2. The Labute approximate surface area is 404 Å². The minimum absolute atomic E-state index is 0.0470. The maximum absolute atomic E-state index is 12.7. The molecule has 0 fully saturated rings. The van der Waals surface area contributed by atoms with E-state index in [1.807, 2.05) is 0 Å². The van der Waals surface area contributed by atoms with Gasteiger partial charge in [0.1, 0.15) is 6.61 Å². The molecule has 0 aromatic heterocycles. The Morgan fingerprint density at radius 1 is 0.470 bits per heavy atom. The fourth-order valence-electron chi connectivity index (χ4n) is 6.89. The first-order valence-corrected chi connectivity index (χ1v) is 27.7. The molecule has 10 heteroatoms. The van der Waals surface area contributed by atoms with E-state index < -0.39 is 26.5 Å². The lowest BCUT2D eigenvalue weighted by Gasteiger charge is -2.19. The molecule has 0 rings (SSSR count). The molecule has 378 valence electrons. The molecule has 0 radical (unpaired) electrons. The summed E-state index contributed by atoms with van der Waals surface area (Å²) in [4.78, 5) is 35.0. The number of ether oxygens (including phenoxy) is 2. The summed E-state index contributed by atoms with van der Waals surface area (Å²) >= 11 is 0. The second-order valence-electron chi connectivity index (χ2n) is 17.0. The normalized spacial score (nSPS) is 13.9. The van der Waals surface area contributed by atoms with Crippen LogP contribution >= 0.6 is 7.82 Å². The third kappa shape index (κ3) is 50.3. The zero-order chi connectivity index (χ0) is 48.1. The summed E-state index contributed by atoms with van der Waals surface area (Å²) in [5, 5.41) is 0. The third-order valence-electron chi connectivity index (χ3n) is 10.7. The van der Waals surface area contributed by atoms with Crippen molar-refractivity contribution in [1.82, 2.24) is 0 Å². The number of unbranched alkanes of at least 4 members (excludes halogenated alkanes) is 19. The number of hydrogen-bond acceptors (Lipinski definition) is 8. The molecule has 0 bridgehead atoms. The van der Waals surface area contributed by atoms with E-state index in [0.717, 1.165) is 109 Å². The fraction of sp³-hybridized carbons (Fsp3) is 0.679. The first kappa shape index (κ1) is 62.9. The van der Waals surface area contributed by atoms with Crippen LogP contribution in [0.5, 0.6) is 0 Å². The van der Waals surface area contributed by atoms with Gasteiger partial charge in [0.2, 0.25) is 0 Å². The molecule has 0 heterocycles. The zero-order valence-corrected chi connectivity index (χ0v) is 42.8. The van der Waals surface area contributed by atoms with Crippen LogP contribution in [0.4, 0.5) is 0 Å². The maximum atomic E-state index is 12.7. The fourth-order valence-corrected chi connectivity index (χ4v) is 7.65. The molecule has 0 aliphatic carbocycles. The van der Waals surface area contributed by atoms with Crippen LogP contribution in [0.1, 0.15) is 213 Å². The number of allylic oxidation sites excluding steroid dienone is 16. The van der Waals surface area contributed by atoms with Gasteiger partial charge >= 0.3 is 19.8 Å². The SMILES string of the molecule is CC/C=C\C/C=C\C/C=C\C/C=C\C/C=C\C/C=C\C/C=C\C/C=C\CCCCCCCCC(=O)OC(COC(=O)CCCCCCCCCCCCCCCC)COP(=O)(O)OCCN. The summed E-state index contributed by atoms with van der Waals surface area (Å²) in [6, 6.07) is 0. The van der Waals surface area contributed by atoms with Crippen molar-refractivity contribution in [3.63, 3.8) is 0 Å². The van der Waals surface area contributed by atoms with Crippen molar-refractivity contribution in [1.29, 1.82) is 0 Å². The highest BCUT2D eigenvalue weighted by atomic mass is 31.2. The van der Waals surface area contributed by atoms with E-state index >= 15 is 0 Å². The lowest BCUT2D eigenvalue weighted by molar-refractivity contribution is -0.161. The van der Waals surface area contributed by atoms with Gasteiger partial charge in [-0.15, -0.1) is 0 Å². The van der Waals surface area contributed by atoms with Crippen molar-refractivity contribution in [2.75, 3.05) is 26.4 Å². The van der Waals surface area contributed by atoms with Gasteiger partial charge in [-0.05, 0) is 77.0 Å². The number of rotatable bonds is 48. The largest absolute Gasteiger partial charge is 0.472 e. The monoisotopic (exact) mass is 942 g/mol. The van der Waals surface area contributed by atoms with Crippen LogP contribution in [0.3, 0.4) is 0 Å². The van der Waals surface area contributed by atoms with Crippen LogP contribution in [-0.2, 0) is 32.7 Å². The molecule has 0 aliphatic heterocycles. The predicted octanol–water partition coefficient (Wildman–Crippen LogP) is 16.1. The van der Waals surface area contributed by atoms with Gasteiger partial charge in [-0.2, -0.15) is 0 Å². The highest BCUT2D eigenvalue weighted by Gasteiger charge is 2.26. The number of phosphoric acid groups is 1. The molecule has 0 aliphatic rings. The van der Waals surface area contributed by atoms with Crippen molar-refractivity contribution >= 4 is 19.8 Å². The predicted molar refractivity (Wildman–Crippen MR) is 279 cm³/mol. The summed E-state index contributed by atoms with van der Waals surface area (Å²) in [6.45, 7) is 3.60. The van der Waals surface area contributed by atoms with Crippen LogP contribution in [0.2, 0.25) is 0 Å². The molecule has 0 amide bonds. The topological polar surface area (TPSA) is 134 Å². The van der Waals surface area contributed by atoms with Gasteiger partial charge in [0.25, 0.3) is 0 Å². The zero-order valence-electron chi connectivity index (χ0n) is 41.9. The smallest absolute Gasteiger partial charge is 0.462 e. The van der Waals surface area contributed by atoms with Gasteiger partial charge in [0.05, 0.1) is 13.2 Å². The summed E-state index contributed by atoms with van der Waals surface area (Å²) in [6.07, 6.45) is 67.3. The minimum Gasteiger partial charge on any atom is -0.462 e. The van der Waals surface area contributed by atoms with Gasteiger partial charge in [0, 0.05) is 19.4 Å². The number of nitrogens with two attached hydrogens (primary N) is 1. The summed E-state index contributed by atoms with van der Waals surface area (Å²) in [5.41, 5.74) is 5.36. The molecule has 66 heavy (non-hydrogen) atoms. The Morgan fingerprint density at radius 3 is 1.24 bits per heavy atom. The molecule has 9 nitrogen and oxygen atoms in total. The summed E-state index contributed by atoms with van der Waals surface area (Å²) in [7, 11) is -4.39. The Morgan fingerprint density at radius 2 is 0.833 bits per heavy atom. The highest BCUT2D eigenvalue weighted by molar-refractivity contribution is 7.47. The van der Waals surface area contributed by atoms with Crippen LogP contribution in [0.25, 0.3) is 0 Å². The standard InChI is InChI=1S/C56H96NO8P/c1-3-5-7-9-11-13-15-17-19-20-21-22-23-24-25-26-27-28-29-30-31-32-33-34-35-37-39-41-43-45-47-49-56(59)65-54(53-64-66(60,61)63-51-50-57)52-62-55(58)48-46-44-42-40-38-36-18-16-14-12-10-8-6-4-2/h5,7,11,13,17,19,21-22,24-25,27-28,30-31,33-34,54H,3-4,6,8-10,12,14-16,18,20,23,26,29,32,35-53,57H2,1-2H3,(H,60,61)/b7-5-,13-11-,19-17-,22-21-,25-24-,28-27-,31-30-,34-33-. The molecule has 0 aromatic carbocycles. The van der Waals surface area contributed by atoms with E-state index in [2.05, 4.69) is 111 Å². The number of carbonyl (C=O) groups excluding carboxylic acids is 2. The van der Waals surface area contributed by atoms with Gasteiger partial charge < -0.3 is 20.1 Å². The van der Waals surface area contributed by atoms with E-state index in [0.29, 0.717) is 6.42 Å². The summed E-state index contributed by atoms with van der Waals surface area (Å²) in [5.74, 6) is -0.847. The molecule has 0 saturated carbocycles. The van der Waals surface area contributed by atoms with Crippen LogP contribution in [0.15, 0.2) is 97.2 Å². The molecular weight excluding hydrogens is 846 g/mol. The van der Waals surface area contributed by atoms with E-state index in [1.165, 1.54) is 70.6 Å². The molecule has 3 N–H and O–H groups in total. The van der Waals surface area contributed by atoms with E-state index in [4.69, 9.17) is 24.3 Å². The Balaban J connectivity index is 4.08. The first-order chi connectivity index (χ1) is 32.3. The van der Waals surface area contributed by atoms with Gasteiger partial charge in [-0.3, -0.25) is 18.6 Å². The van der Waals surface area contributed by atoms with Crippen LogP contribution in [-0.4, -0.2) is 49.3 Å². The number of esters is 2. The van der Waals surface area contributed by atoms with Crippen molar-refractivity contribution < 1.29 is 37.6 Å². The number of carbonyl (C=O) groups is 2. The van der Waals surface area contributed by atoms with Crippen LogP contribution < -0.4 is 5.73 Å². The highest BCUT2D eigenvalue weighted by Crippen LogP contribution is 2.43. The van der Waals surface area contributed by atoms with Gasteiger partial charge in [-0.1, -0.05) is 220 Å².